The van der Waals surface area contributed by atoms with Crippen molar-refractivity contribution in [3.63, 3.8) is 0 Å². The van der Waals surface area contributed by atoms with Crippen LogP contribution in [0.15, 0.2) is 36.2 Å². The molecule has 4 nitrogen and oxygen atoms in total. The number of rotatable bonds is 2. The normalized spacial score (nSPS) is 18.6. The molecule has 82 valence electrons. The number of ether oxygens (including phenoxy) is 1. The molecule has 1 aromatic heterocycles. The van der Waals surface area contributed by atoms with Gasteiger partial charge in [-0.05, 0) is 12.1 Å². The number of aromatic nitrogens is 1. The van der Waals surface area contributed by atoms with Crippen LogP contribution in [0.2, 0.25) is 0 Å². The molecule has 1 aliphatic heterocycles. The molecule has 2 rings (SSSR count). The van der Waals surface area contributed by atoms with E-state index >= 15 is 0 Å². The van der Waals surface area contributed by atoms with Gasteiger partial charge in [0, 0.05) is 17.8 Å². The third kappa shape index (κ3) is 1.90. The summed E-state index contributed by atoms with van der Waals surface area (Å²) >= 11 is 0. The molecule has 0 bridgehead atoms. The number of hydrogen-bond acceptors (Lipinski definition) is 3. The summed E-state index contributed by atoms with van der Waals surface area (Å²) in [6.07, 6.45) is 4.97. The first-order chi connectivity index (χ1) is 7.64. The first kappa shape index (κ1) is 10.7. The third-order valence-electron chi connectivity index (χ3n) is 2.55. The lowest BCUT2D eigenvalue weighted by molar-refractivity contribution is -0.0710. The van der Waals surface area contributed by atoms with Gasteiger partial charge in [-0.15, -0.1) is 0 Å². The summed E-state index contributed by atoms with van der Waals surface area (Å²) in [6.45, 7) is 3.10. The van der Waals surface area contributed by atoms with Gasteiger partial charge < -0.3 is 4.74 Å². The second kappa shape index (κ2) is 3.95. The van der Waals surface area contributed by atoms with Crippen molar-refractivity contribution in [1.29, 1.82) is 5.26 Å². The molecule has 0 aromatic carbocycles. The van der Waals surface area contributed by atoms with Crippen molar-refractivity contribution in [3.8, 4) is 6.07 Å². The van der Waals surface area contributed by atoms with Gasteiger partial charge in [-0.1, -0.05) is 13.0 Å². The van der Waals surface area contributed by atoms with Gasteiger partial charge >= 0.3 is 0 Å². The molecule has 0 saturated carbocycles. The average molecular weight is 216 g/mol. The Morgan fingerprint density at radius 3 is 2.56 bits per heavy atom. The van der Waals surface area contributed by atoms with Crippen molar-refractivity contribution in [2.24, 2.45) is 5.41 Å². The number of nitriles is 1. The summed E-state index contributed by atoms with van der Waals surface area (Å²) in [5.74, 6) is -0.291. The number of carbonyl (C=O) groups is 1. The van der Waals surface area contributed by atoms with Gasteiger partial charge in [-0.25, -0.2) is 0 Å². The Labute approximate surface area is 93.7 Å². The summed E-state index contributed by atoms with van der Waals surface area (Å²) in [6, 6.07) is 5.45. The van der Waals surface area contributed by atoms with Crippen molar-refractivity contribution in [2.75, 3.05) is 13.2 Å². The maximum absolute atomic E-state index is 11.9. The van der Waals surface area contributed by atoms with Crippen LogP contribution < -0.4 is 0 Å². The summed E-state index contributed by atoms with van der Waals surface area (Å²) < 4.78 is 6.48. The van der Waals surface area contributed by atoms with Crippen LogP contribution in [-0.4, -0.2) is 23.7 Å². The van der Waals surface area contributed by atoms with E-state index in [1.165, 1.54) is 4.57 Å². The molecule has 1 fully saturated rings. The van der Waals surface area contributed by atoms with E-state index in [0.29, 0.717) is 13.2 Å². The second-order valence-electron chi connectivity index (χ2n) is 4.21. The van der Waals surface area contributed by atoms with Gasteiger partial charge in [0.25, 0.3) is 5.91 Å². The summed E-state index contributed by atoms with van der Waals surface area (Å²) in [7, 11) is 0. The van der Waals surface area contributed by atoms with E-state index in [2.05, 4.69) is 0 Å². The second-order valence-corrected chi connectivity index (χ2v) is 4.21. The average Bonchev–Trinajstić information content (AvgIpc) is 2.75. The Morgan fingerprint density at radius 1 is 1.50 bits per heavy atom. The standard InChI is InChI=1S/C12H12N2O2/c1-12(8-16-9-12)6-10(7-13)11(15)14-4-2-3-5-14/h2-6H,8-9H2,1H3. The number of allylic oxidation sites excluding steroid dienone is 1. The van der Waals surface area contributed by atoms with Gasteiger partial charge in [-0.2, -0.15) is 5.26 Å². The minimum absolute atomic E-state index is 0.169. The Hall–Kier alpha value is -1.86. The largest absolute Gasteiger partial charge is 0.379 e. The molecule has 1 aliphatic rings. The van der Waals surface area contributed by atoms with Crippen molar-refractivity contribution >= 4 is 5.91 Å². The Balaban J connectivity index is 2.24. The van der Waals surface area contributed by atoms with Gasteiger partial charge in [0.15, 0.2) is 0 Å². The smallest absolute Gasteiger partial charge is 0.272 e. The zero-order chi connectivity index (χ0) is 11.6. The molecule has 1 saturated heterocycles. The van der Waals surface area contributed by atoms with Crippen LogP contribution >= 0.6 is 0 Å². The van der Waals surface area contributed by atoms with Gasteiger partial charge in [0.05, 0.1) is 13.2 Å². The zero-order valence-corrected chi connectivity index (χ0v) is 9.01. The maximum atomic E-state index is 11.9. The lowest BCUT2D eigenvalue weighted by atomic mass is 9.86. The van der Waals surface area contributed by atoms with E-state index in [1.54, 1.807) is 30.6 Å². The summed E-state index contributed by atoms with van der Waals surface area (Å²) in [5.41, 5.74) is -0.00422. The molecule has 0 N–H and O–H groups in total. The van der Waals surface area contributed by atoms with Crippen molar-refractivity contribution in [2.45, 2.75) is 6.92 Å². The molecule has 16 heavy (non-hydrogen) atoms. The monoisotopic (exact) mass is 216 g/mol. The fourth-order valence-corrected chi connectivity index (χ4v) is 1.61. The van der Waals surface area contributed by atoms with E-state index in [0.717, 1.165) is 0 Å². The molecule has 4 heteroatoms. The first-order valence-electron chi connectivity index (χ1n) is 5.03. The third-order valence-corrected chi connectivity index (χ3v) is 2.55. The Morgan fingerprint density at radius 2 is 2.12 bits per heavy atom. The summed E-state index contributed by atoms with van der Waals surface area (Å²) in [5, 5.41) is 8.98. The molecule has 0 amide bonds. The molecule has 2 heterocycles. The van der Waals surface area contributed by atoms with Crippen LogP contribution in [0.3, 0.4) is 0 Å². The van der Waals surface area contributed by atoms with E-state index in [1.807, 2.05) is 13.0 Å². The van der Waals surface area contributed by atoms with Crippen molar-refractivity contribution in [1.82, 2.24) is 4.57 Å². The molecule has 0 radical (unpaired) electrons. The molecule has 0 unspecified atom stereocenters. The molecule has 0 atom stereocenters. The topological polar surface area (TPSA) is 55.0 Å². The Kier molecular flexibility index (Phi) is 2.63. The summed E-state index contributed by atoms with van der Waals surface area (Å²) in [4.78, 5) is 11.9. The molecule has 1 aromatic rings. The minimum atomic E-state index is -0.291. The fraction of sp³-hybridized carbons (Fsp3) is 0.333. The van der Waals surface area contributed by atoms with Crippen LogP contribution in [0.1, 0.15) is 11.7 Å². The molecular formula is C12H12N2O2. The maximum Gasteiger partial charge on any atom is 0.272 e. The highest BCUT2D eigenvalue weighted by Crippen LogP contribution is 2.29. The van der Waals surface area contributed by atoms with Crippen LogP contribution in [0.25, 0.3) is 0 Å². The molecule has 0 aliphatic carbocycles. The van der Waals surface area contributed by atoms with Gasteiger partial charge in [0.1, 0.15) is 11.6 Å². The molecule has 0 spiro atoms. The lowest BCUT2D eigenvalue weighted by Crippen LogP contribution is -2.38. The highest BCUT2D eigenvalue weighted by atomic mass is 16.5. The zero-order valence-electron chi connectivity index (χ0n) is 9.01. The SMILES string of the molecule is CC1(C=C(C#N)C(=O)n2cccc2)COC1. The number of nitrogens with zero attached hydrogens (tertiary/aromatic N) is 2. The highest BCUT2D eigenvalue weighted by molar-refractivity contribution is 5.99. The van der Waals surface area contributed by atoms with Crippen molar-refractivity contribution < 1.29 is 9.53 Å². The molecular weight excluding hydrogens is 204 g/mol. The van der Waals surface area contributed by atoms with Crippen LogP contribution in [-0.2, 0) is 4.74 Å². The van der Waals surface area contributed by atoms with E-state index in [4.69, 9.17) is 10.00 Å². The predicted molar refractivity (Wildman–Crippen MR) is 57.7 cm³/mol. The van der Waals surface area contributed by atoms with Crippen LogP contribution in [0, 0.1) is 16.7 Å². The van der Waals surface area contributed by atoms with E-state index < -0.39 is 0 Å². The number of carbonyl (C=O) groups excluding carboxylic acids is 1. The first-order valence-corrected chi connectivity index (χ1v) is 5.03. The van der Waals surface area contributed by atoms with Crippen LogP contribution in [0.5, 0.6) is 0 Å². The quantitative estimate of drug-likeness (QED) is 0.557. The number of hydrogen-bond donors (Lipinski definition) is 0. The minimum Gasteiger partial charge on any atom is -0.379 e. The van der Waals surface area contributed by atoms with Gasteiger partial charge in [-0.3, -0.25) is 9.36 Å². The van der Waals surface area contributed by atoms with E-state index in [9.17, 15) is 4.79 Å². The van der Waals surface area contributed by atoms with E-state index in [-0.39, 0.29) is 16.9 Å². The fourth-order valence-electron chi connectivity index (χ4n) is 1.61. The van der Waals surface area contributed by atoms with Crippen LogP contribution in [0.4, 0.5) is 0 Å². The van der Waals surface area contributed by atoms with Gasteiger partial charge in [0.2, 0.25) is 0 Å². The lowest BCUT2D eigenvalue weighted by Gasteiger charge is -2.35. The predicted octanol–water partition coefficient (Wildman–Crippen LogP) is 1.61. The Bertz CT molecular complexity index is 462. The highest BCUT2D eigenvalue weighted by Gasteiger charge is 2.32. The van der Waals surface area contributed by atoms with Crippen molar-refractivity contribution in [3.05, 3.63) is 36.2 Å².